The van der Waals surface area contributed by atoms with Crippen LogP contribution in [0.4, 0.5) is 10.5 Å². The standard InChI is InChI=1S/C15H22N4O2/c1-10(2)19-8-12-7-13(5-6-14(12)17-19)16-15(21)18(4)11(3)9-20/h5-8,10-11,20H,9H2,1-4H3,(H,16,21). The van der Waals surface area contributed by atoms with Crippen LogP contribution < -0.4 is 5.32 Å². The predicted octanol–water partition coefficient (Wildman–Crippen LogP) is 2.46. The fourth-order valence-corrected chi connectivity index (χ4v) is 1.92. The number of rotatable bonds is 4. The molecular weight excluding hydrogens is 268 g/mol. The third kappa shape index (κ3) is 3.33. The zero-order valence-electron chi connectivity index (χ0n) is 12.9. The van der Waals surface area contributed by atoms with Crippen molar-refractivity contribution in [2.75, 3.05) is 19.0 Å². The van der Waals surface area contributed by atoms with Crippen molar-refractivity contribution in [3.8, 4) is 0 Å². The monoisotopic (exact) mass is 290 g/mol. The maximum absolute atomic E-state index is 12.0. The molecule has 0 bridgehead atoms. The molecule has 1 heterocycles. The van der Waals surface area contributed by atoms with Crippen LogP contribution in [0.3, 0.4) is 0 Å². The molecule has 21 heavy (non-hydrogen) atoms. The van der Waals surface area contributed by atoms with Crippen LogP contribution >= 0.6 is 0 Å². The maximum atomic E-state index is 12.0. The molecule has 2 rings (SSSR count). The van der Waals surface area contributed by atoms with Crippen LogP contribution in [0.2, 0.25) is 0 Å². The number of urea groups is 1. The van der Waals surface area contributed by atoms with Crippen LogP contribution in [0, 0.1) is 0 Å². The topological polar surface area (TPSA) is 70.4 Å². The quantitative estimate of drug-likeness (QED) is 0.908. The minimum Gasteiger partial charge on any atom is -0.394 e. The first kappa shape index (κ1) is 15.3. The summed E-state index contributed by atoms with van der Waals surface area (Å²) >= 11 is 0. The average Bonchev–Trinajstić information content (AvgIpc) is 2.89. The van der Waals surface area contributed by atoms with Gasteiger partial charge in [-0.2, -0.15) is 5.10 Å². The number of nitrogens with one attached hydrogen (secondary N) is 1. The van der Waals surface area contributed by atoms with Crippen molar-refractivity contribution in [1.82, 2.24) is 14.7 Å². The van der Waals surface area contributed by atoms with Crippen molar-refractivity contribution in [2.45, 2.75) is 32.9 Å². The summed E-state index contributed by atoms with van der Waals surface area (Å²) in [6, 6.07) is 5.45. The van der Waals surface area contributed by atoms with Crippen molar-refractivity contribution in [1.29, 1.82) is 0 Å². The van der Waals surface area contributed by atoms with Crippen LogP contribution in [-0.2, 0) is 0 Å². The average molecular weight is 290 g/mol. The molecule has 0 radical (unpaired) electrons. The Hall–Kier alpha value is -2.08. The van der Waals surface area contributed by atoms with Gasteiger partial charge in [0, 0.05) is 30.4 Å². The van der Waals surface area contributed by atoms with Crippen molar-refractivity contribution in [3.05, 3.63) is 24.4 Å². The molecule has 1 aromatic carbocycles. The molecule has 0 saturated carbocycles. The van der Waals surface area contributed by atoms with Gasteiger partial charge in [0.05, 0.1) is 18.2 Å². The molecule has 1 atom stereocenters. The number of carbonyl (C=O) groups is 1. The van der Waals surface area contributed by atoms with Crippen molar-refractivity contribution < 1.29 is 9.90 Å². The van der Waals surface area contributed by atoms with E-state index in [1.807, 2.05) is 29.1 Å². The fourth-order valence-electron chi connectivity index (χ4n) is 1.92. The molecule has 0 aliphatic rings. The summed E-state index contributed by atoms with van der Waals surface area (Å²) in [7, 11) is 1.66. The van der Waals surface area contributed by atoms with E-state index in [1.165, 1.54) is 4.90 Å². The second kappa shape index (κ2) is 6.13. The molecule has 0 aliphatic heterocycles. The largest absolute Gasteiger partial charge is 0.394 e. The normalized spacial score (nSPS) is 12.7. The second-order valence-electron chi connectivity index (χ2n) is 5.55. The van der Waals surface area contributed by atoms with E-state index < -0.39 is 0 Å². The number of likely N-dealkylation sites (N-methyl/N-ethyl adjacent to an activating group) is 1. The van der Waals surface area contributed by atoms with Crippen LogP contribution in [0.5, 0.6) is 0 Å². The summed E-state index contributed by atoms with van der Waals surface area (Å²) < 4.78 is 1.90. The Kier molecular flexibility index (Phi) is 4.47. The van der Waals surface area contributed by atoms with Gasteiger partial charge in [-0.25, -0.2) is 4.79 Å². The molecule has 0 saturated heterocycles. The van der Waals surface area contributed by atoms with Crippen LogP contribution in [-0.4, -0.2) is 45.5 Å². The van der Waals surface area contributed by atoms with Gasteiger partial charge >= 0.3 is 6.03 Å². The Bertz CT molecular complexity index is 636. The summed E-state index contributed by atoms with van der Waals surface area (Å²) in [6.45, 7) is 5.86. The van der Waals surface area contributed by atoms with Gasteiger partial charge in [0.1, 0.15) is 0 Å². The number of hydrogen-bond donors (Lipinski definition) is 2. The van der Waals surface area contributed by atoms with Gasteiger partial charge in [-0.3, -0.25) is 4.68 Å². The minimum atomic E-state index is -0.243. The third-order valence-electron chi connectivity index (χ3n) is 3.55. The van der Waals surface area contributed by atoms with E-state index >= 15 is 0 Å². The number of hydrogen-bond acceptors (Lipinski definition) is 3. The summed E-state index contributed by atoms with van der Waals surface area (Å²) in [4.78, 5) is 13.5. The highest BCUT2D eigenvalue weighted by atomic mass is 16.3. The molecule has 0 aliphatic carbocycles. The van der Waals surface area contributed by atoms with E-state index in [0.717, 1.165) is 10.9 Å². The number of aliphatic hydroxyl groups is 1. The van der Waals surface area contributed by atoms with Crippen LogP contribution in [0.25, 0.3) is 10.9 Å². The predicted molar refractivity (Wildman–Crippen MR) is 83.4 cm³/mol. The second-order valence-corrected chi connectivity index (χ2v) is 5.55. The fraction of sp³-hybridized carbons (Fsp3) is 0.467. The lowest BCUT2D eigenvalue weighted by Crippen LogP contribution is -2.40. The minimum absolute atomic E-state index is 0.0654. The molecule has 2 N–H and O–H groups in total. The van der Waals surface area contributed by atoms with Gasteiger partial charge < -0.3 is 15.3 Å². The van der Waals surface area contributed by atoms with Crippen LogP contribution in [0.1, 0.15) is 26.8 Å². The van der Waals surface area contributed by atoms with E-state index in [4.69, 9.17) is 5.11 Å². The molecular formula is C15H22N4O2. The first-order chi connectivity index (χ1) is 9.92. The van der Waals surface area contributed by atoms with Gasteiger partial charge in [0.25, 0.3) is 0 Å². The zero-order valence-corrected chi connectivity index (χ0v) is 12.9. The van der Waals surface area contributed by atoms with E-state index in [2.05, 4.69) is 24.3 Å². The molecule has 6 heteroatoms. The number of nitrogens with zero attached hydrogens (tertiary/aromatic N) is 3. The van der Waals surface area contributed by atoms with Gasteiger partial charge in [0.2, 0.25) is 0 Å². The molecule has 2 aromatic rings. The number of amides is 2. The van der Waals surface area contributed by atoms with Crippen molar-refractivity contribution in [2.24, 2.45) is 0 Å². The lowest BCUT2D eigenvalue weighted by molar-refractivity contribution is 0.166. The molecule has 1 aromatic heterocycles. The number of carbonyl (C=O) groups excluding carboxylic acids is 1. The summed E-state index contributed by atoms with van der Waals surface area (Å²) in [6.07, 6.45) is 1.97. The zero-order chi connectivity index (χ0) is 15.6. The Morgan fingerprint density at radius 3 is 2.76 bits per heavy atom. The van der Waals surface area contributed by atoms with Gasteiger partial charge in [-0.05, 0) is 39.0 Å². The van der Waals surface area contributed by atoms with Crippen LogP contribution in [0.15, 0.2) is 24.4 Å². The highest BCUT2D eigenvalue weighted by molar-refractivity contribution is 5.92. The van der Waals surface area contributed by atoms with E-state index in [9.17, 15) is 4.79 Å². The highest BCUT2D eigenvalue weighted by Gasteiger charge is 2.15. The summed E-state index contributed by atoms with van der Waals surface area (Å²) in [5.74, 6) is 0. The maximum Gasteiger partial charge on any atom is 0.321 e. The first-order valence-electron chi connectivity index (χ1n) is 7.06. The molecule has 6 nitrogen and oxygen atoms in total. The van der Waals surface area contributed by atoms with Gasteiger partial charge in [-0.1, -0.05) is 0 Å². The number of aliphatic hydroxyl groups excluding tert-OH is 1. The molecule has 0 fully saturated rings. The molecule has 1 unspecified atom stereocenters. The highest BCUT2D eigenvalue weighted by Crippen LogP contribution is 2.20. The van der Waals surface area contributed by atoms with Gasteiger partial charge in [0.15, 0.2) is 0 Å². The lowest BCUT2D eigenvalue weighted by Gasteiger charge is -2.23. The van der Waals surface area contributed by atoms with E-state index in [0.29, 0.717) is 11.7 Å². The van der Waals surface area contributed by atoms with Gasteiger partial charge in [-0.15, -0.1) is 0 Å². The molecule has 114 valence electrons. The first-order valence-corrected chi connectivity index (χ1v) is 7.06. The van der Waals surface area contributed by atoms with E-state index in [1.54, 1.807) is 14.0 Å². The number of benzene rings is 1. The Morgan fingerprint density at radius 1 is 1.43 bits per heavy atom. The summed E-state index contributed by atoms with van der Waals surface area (Å²) in [5.41, 5.74) is 1.62. The number of anilines is 1. The SMILES string of the molecule is CC(CO)N(C)C(=O)Nc1ccc2nn(C(C)C)cc2c1. The van der Waals surface area contributed by atoms with Crippen molar-refractivity contribution in [3.63, 3.8) is 0 Å². The Balaban J connectivity index is 2.17. The lowest BCUT2D eigenvalue weighted by atomic mass is 10.2. The smallest absolute Gasteiger partial charge is 0.321 e. The molecule has 2 amide bonds. The molecule has 0 spiro atoms. The third-order valence-corrected chi connectivity index (χ3v) is 3.55. The Labute approximate surface area is 124 Å². The summed E-state index contributed by atoms with van der Waals surface area (Å²) in [5, 5.41) is 17.4. The van der Waals surface area contributed by atoms with E-state index in [-0.39, 0.29) is 18.7 Å². The Morgan fingerprint density at radius 2 is 2.14 bits per heavy atom. The number of fused-ring (bicyclic) bond motifs is 1. The van der Waals surface area contributed by atoms with Crippen molar-refractivity contribution >= 4 is 22.6 Å². The number of aromatic nitrogens is 2.